The lowest BCUT2D eigenvalue weighted by Gasteiger charge is -2.15. The largest absolute Gasteiger partial charge is 0.490 e. The summed E-state index contributed by atoms with van der Waals surface area (Å²) in [6, 6.07) is 17.9. The highest BCUT2D eigenvalue weighted by molar-refractivity contribution is 14.1. The van der Waals surface area contributed by atoms with E-state index in [1.54, 1.807) is 30.3 Å². The number of rotatable bonds is 10. The quantitative estimate of drug-likeness (QED) is 0.174. The Morgan fingerprint density at radius 2 is 1.82 bits per heavy atom. The number of nitrogens with one attached hydrogen (secondary N) is 1. The van der Waals surface area contributed by atoms with Crippen molar-refractivity contribution in [3.05, 3.63) is 85.4 Å². The maximum atomic E-state index is 12.0. The molecule has 0 heterocycles. The molecule has 0 saturated carbocycles. The van der Waals surface area contributed by atoms with E-state index in [1.807, 2.05) is 37.3 Å². The SMILES string of the molecule is CCOc1cc(/C=N\NC(=O)COc2ccc(Cl)cc2)cc(I)c1OCc1ccccc1Cl. The summed E-state index contributed by atoms with van der Waals surface area (Å²) >= 11 is 14.2. The van der Waals surface area contributed by atoms with Crippen LogP contribution in [0.15, 0.2) is 65.8 Å². The molecule has 1 N–H and O–H groups in total. The van der Waals surface area contributed by atoms with Crippen molar-refractivity contribution in [2.24, 2.45) is 5.10 Å². The fraction of sp³-hybridized carbons (Fsp3) is 0.167. The van der Waals surface area contributed by atoms with Gasteiger partial charge in [-0.25, -0.2) is 5.43 Å². The molecule has 1 amide bonds. The van der Waals surface area contributed by atoms with Crippen molar-refractivity contribution in [2.45, 2.75) is 13.5 Å². The van der Waals surface area contributed by atoms with E-state index in [9.17, 15) is 4.79 Å². The molecule has 0 aliphatic carbocycles. The number of benzene rings is 3. The van der Waals surface area contributed by atoms with Crippen LogP contribution >= 0.6 is 45.8 Å². The van der Waals surface area contributed by atoms with Crippen LogP contribution in [-0.4, -0.2) is 25.3 Å². The molecule has 6 nitrogen and oxygen atoms in total. The van der Waals surface area contributed by atoms with Crippen LogP contribution < -0.4 is 19.6 Å². The standard InChI is InChI=1S/C24H21Cl2IN2O4/c1-2-31-22-12-16(11-21(27)24(22)33-14-17-5-3-4-6-20(17)26)13-28-29-23(30)15-32-19-9-7-18(25)8-10-19/h3-13H,2,14-15H2,1H3,(H,29,30)/b28-13-. The maximum Gasteiger partial charge on any atom is 0.277 e. The van der Waals surface area contributed by atoms with Gasteiger partial charge in [0.15, 0.2) is 18.1 Å². The summed E-state index contributed by atoms with van der Waals surface area (Å²) in [7, 11) is 0. The van der Waals surface area contributed by atoms with Gasteiger partial charge in [-0.2, -0.15) is 5.10 Å². The van der Waals surface area contributed by atoms with Gasteiger partial charge in [-0.1, -0.05) is 41.4 Å². The molecule has 0 radical (unpaired) electrons. The predicted molar refractivity (Wildman–Crippen MR) is 139 cm³/mol. The first-order chi connectivity index (χ1) is 16.0. The zero-order chi connectivity index (χ0) is 23.6. The molecule has 3 rings (SSSR count). The van der Waals surface area contributed by atoms with E-state index in [4.69, 9.17) is 37.4 Å². The van der Waals surface area contributed by atoms with Gasteiger partial charge in [0.2, 0.25) is 0 Å². The van der Waals surface area contributed by atoms with Crippen LogP contribution in [0.2, 0.25) is 10.0 Å². The Morgan fingerprint density at radius 1 is 1.06 bits per heavy atom. The van der Waals surface area contributed by atoms with Gasteiger partial charge >= 0.3 is 0 Å². The number of halogens is 3. The highest BCUT2D eigenvalue weighted by atomic mass is 127. The van der Waals surface area contributed by atoms with Crippen LogP contribution in [0, 0.1) is 3.57 Å². The summed E-state index contributed by atoms with van der Waals surface area (Å²) in [6.07, 6.45) is 1.53. The number of amides is 1. The van der Waals surface area contributed by atoms with Gasteiger partial charge in [0, 0.05) is 15.6 Å². The molecule has 0 bridgehead atoms. The molecule has 0 saturated heterocycles. The van der Waals surface area contributed by atoms with E-state index in [2.05, 4.69) is 33.1 Å². The van der Waals surface area contributed by atoms with Gasteiger partial charge in [0.1, 0.15) is 12.4 Å². The number of hydrogen-bond acceptors (Lipinski definition) is 5. The molecule has 3 aromatic carbocycles. The van der Waals surface area contributed by atoms with Crippen molar-refractivity contribution in [3.63, 3.8) is 0 Å². The van der Waals surface area contributed by atoms with Gasteiger partial charge in [-0.3, -0.25) is 4.79 Å². The second kappa shape index (κ2) is 12.7. The minimum atomic E-state index is -0.388. The minimum absolute atomic E-state index is 0.171. The molecule has 0 unspecified atom stereocenters. The number of nitrogens with zero attached hydrogens (tertiary/aromatic N) is 1. The van der Waals surface area contributed by atoms with Crippen LogP contribution in [0.4, 0.5) is 0 Å². The van der Waals surface area contributed by atoms with E-state index in [0.29, 0.717) is 40.5 Å². The second-order valence-electron chi connectivity index (χ2n) is 6.68. The third-order valence-corrected chi connectivity index (χ3v) is 5.67. The summed E-state index contributed by atoms with van der Waals surface area (Å²) < 4.78 is 18.0. The summed E-state index contributed by atoms with van der Waals surface area (Å²) in [5.41, 5.74) is 4.07. The topological polar surface area (TPSA) is 69.2 Å². The smallest absolute Gasteiger partial charge is 0.277 e. The molecule has 3 aromatic rings. The fourth-order valence-electron chi connectivity index (χ4n) is 2.72. The Labute approximate surface area is 216 Å². The Morgan fingerprint density at radius 3 is 2.55 bits per heavy atom. The third-order valence-electron chi connectivity index (χ3n) is 4.25. The lowest BCUT2D eigenvalue weighted by atomic mass is 10.2. The predicted octanol–water partition coefficient (Wildman–Crippen LogP) is 6.10. The Kier molecular flexibility index (Phi) is 9.65. The third kappa shape index (κ3) is 7.80. The average Bonchev–Trinajstić information content (AvgIpc) is 2.79. The van der Waals surface area contributed by atoms with Crippen LogP contribution in [0.3, 0.4) is 0 Å². The Balaban J connectivity index is 1.61. The van der Waals surface area contributed by atoms with E-state index >= 15 is 0 Å². The summed E-state index contributed by atoms with van der Waals surface area (Å²) in [6.45, 7) is 2.51. The van der Waals surface area contributed by atoms with Crippen molar-refractivity contribution in [3.8, 4) is 17.2 Å². The molecule has 0 spiro atoms. The molecular formula is C24H21Cl2IN2O4. The highest BCUT2D eigenvalue weighted by Crippen LogP contribution is 2.35. The molecule has 0 atom stereocenters. The molecule has 33 heavy (non-hydrogen) atoms. The van der Waals surface area contributed by atoms with Crippen molar-refractivity contribution in [1.82, 2.24) is 5.43 Å². The van der Waals surface area contributed by atoms with Crippen LogP contribution in [0.1, 0.15) is 18.1 Å². The van der Waals surface area contributed by atoms with Crippen LogP contribution in [0.25, 0.3) is 0 Å². The van der Waals surface area contributed by atoms with Crippen LogP contribution in [-0.2, 0) is 11.4 Å². The zero-order valence-electron chi connectivity index (χ0n) is 17.7. The fourth-order valence-corrected chi connectivity index (χ4v) is 3.82. The highest BCUT2D eigenvalue weighted by Gasteiger charge is 2.13. The van der Waals surface area contributed by atoms with Crippen molar-refractivity contribution < 1.29 is 19.0 Å². The number of carbonyl (C=O) groups is 1. The first-order valence-corrected chi connectivity index (χ1v) is 11.8. The first-order valence-electron chi connectivity index (χ1n) is 9.99. The summed E-state index contributed by atoms with van der Waals surface area (Å²) in [5, 5.41) is 5.24. The molecule has 172 valence electrons. The molecular weight excluding hydrogens is 578 g/mol. The number of hydrazone groups is 1. The average molecular weight is 599 g/mol. The van der Waals surface area contributed by atoms with E-state index in [1.165, 1.54) is 6.21 Å². The van der Waals surface area contributed by atoms with Crippen molar-refractivity contribution in [2.75, 3.05) is 13.2 Å². The number of hydrogen-bond donors (Lipinski definition) is 1. The monoisotopic (exact) mass is 598 g/mol. The normalized spacial score (nSPS) is 10.8. The van der Waals surface area contributed by atoms with Gasteiger partial charge in [-0.05, 0) is 77.5 Å². The van der Waals surface area contributed by atoms with E-state index in [0.717, 1.165) is 14.7 Å². The first kappa shape index (κ1) is 25.1. The summed E-state index contributed by atoms with van der Waals surface area (Å²) in [5.74, 6) is 1.35. The molecule has 9 heteroatoms. The van der Waals surface area contributed by atoms with Gasteiger partial charge in [-0.15, -0.1) is 0 Å². The second-order valence-corrected chi connectivity index (χ2v) is 8.68. The van der Waals surface area contributed by atoms with E-state index < -0.39 is 0 Å². The number of ether oxygens (including phenoxy) is 3. The van der Waals surface area contributed by atoms with Crippen LogP contribution in [0.5, 0.6) is 17.2 Å². The van der Waals surface area contributed by atoms with E-state index in [-0.39, 0.29) is 12.5 Å². The lowest BCUT2D eigenvalue weighted by molar-refractivity contribution is -0.123. The zero-order valence-corrected chi connectivity index (χ0v) is 21.4. The summed E-state index contributed by atoms with van der Waals surface area (Å²) in [4.78, 5) is 12.0. The maximum absolute atomic E-state index is 12.0. The molecule has 0 fully saturated rings. The molecule has 0 aromatic heterocycles. The number of carbonyl (C=O) groups excluding carboxylic acids is 1. The van der Waals surface area contributed by atoms with Gasteiger partial charge in [0.25, 0.3) is 5.91 Å². The Hall–Kier alpha value is -2.49. The molecule has 0 aliphatic rings. The minimum Gasteiger partial charge on any atom is -0.490 e. The lowest BCUT2D eigenvalue weighted by Crippen LogP contribution is -2.24. The van der Waals surface area contributed by atoms with Crippen molar-refractivity contribution >= 4 is 57.9 Å². The van der Waals surface area contributed by atoms with Gasteiger partial charge < -0.3 is 14.2 Å². The van der Waals surface area contributed by atoms with Gasteiger partial charge in [0.05, 0.1) is 16.4 Å². The molecule has 0 aliphatic heterocycles. The van der Waals surface area contributed by atoms with Crippen molar-refractivity contribution in [1.29, 1.82) is 0 Å². The Bertz CT molecular complexity index is 1120.